The minimum Gasteiger partial charge on any atom is -0.493 e. The van der Waals surface area contributed by atoms with Crippen molar-refractivity contribution in [1.82, 2.24) is 0 Å². The molecule has 0 atom stereocenters. The number of benzene rings is 2. The van der Waals surface area contributed by atoms with Crippen LogP contribution in [0.2, 0.25) is 0 Å². The van der Waals surface area contributed by atoms with Crippen LogP contribution in [0.1, 0.15) is 21.5 Å². The summed E-state index contributed by atoms with van der Waals surface area (Å²) in [6.45, 7) is -0.359. The summed E-state index contributed by atoms with van der Waals surface area (Å²) in [5.41, 5.74) is -1.47. The lowest BCUT2D eigenvalue weighted by atomic mass is 10.1. The van der Waals surface area contributed by atoms with Gasteiger partial charge in [-0.25, -0.2) is 4.79 Å². The van der Waals surface area contributed by atoms with Crippen molar-refractivity contribution in [1.29, 1.82) is 0 Å². The Labute approximate surface area is 151 Å². The average molecular weight is 385 g/mol. The minimum absolute atomic E-state index is 0.0588. The molecule has 0 heterocycles. The number of methoxy groups -OCH3 is 2. The Morgan fingerprint density at radius 3 is 2.11 bits per heavy atom. The second kappa shape index (κ2) is 7.94. The zero-order valence-electron chi connectivity index (χ0n) is 14.2. The van der Waals surface area contributed by atoms with Crippen LogP contribution in [0.3, 0.4) is 0 Å². The van der Waals surface area contributed by atoms with Crippen molar-refractivity contribution in [2.75, 3.05) is 14.2 Å². The van der Waals surface area contributed by atoms with E-state index in [9.17, 15) is 28.1 Å². The molecule has 27 heavy (non-hydrogen) atoms. The van der Waals surface area contributed by atoms with Gasteiger partial charge in [0.1, 0.15) is 12.2 Å². The molecule has 144 valence electrons. The van der Waals surface area contributed by atoms with E-state index in [-0.39, 0.29) is 23.7 Å². The van der Waals surface area contributed by atoms with Crippen LogP contribution in [0.25, 0.3) is 0 Å². The largest absolute Gasteiger partial charge is 0.493 e. The summed E-state index contributed by atoms with van der Waals surface area (Å²) in [5, 5.41) is 11.2. The molecule has 0 saturated carbocycles. The van der Waals surface area contributed by atoms with E-state index in [0.29, 0.717) is 5.56 Å². The average Bonchev–Trinajstić information content (AvgIpc) is 2.64. The van der Waals surface area contributed by atoms with Crippen LogP contribution >= 0.6 is 0 Å². The van der Waals surface area contributed by atoms with Crippen LogP contribution in [0.5, 0.6) is 11.5 Å². The minimum atomic E-state index is -4.48. The van der Waals surface area contributed by atoms with Gasteiger partial charge in [0.05, 0.1) is 30.8 Å². The molecule has 2 aromatic rings. The number of hydrogen-bond acceptors (Lipinski definition) is 6. The van der Waals surface area contributed by atoms with Crippen molar-refractivity contribution >= 4 is 11.7 Å². The number of rotatable bonds is 6. The number of nitro groups is 1. The predicted octanol–water partition coefficient (Wildman–Crippen LogP) is 3.99. The first-order chi connectivity index (χ1) is 12.7. The van der Waals surface area contributed by atoms with Crippen molar-refractivity contribution in [2.45, 2.75) is 12.8 Å². The summed E-state index contributed by atoms with van der Waals surface area (Å²) in [6.07, 6.45) is -4.48. The number of alkyl halides is 3. The van der Waals surface area contributed by atoms with E-state index < -0.39 is 28.3 Å². The van der Waals surface area contributed by atoms with Gasteiger partial charge < -0.3 is 14.2 Å². The Kier molecular flexibility index (Phi) is 5.88. The Balaban J connectivity index is 2.21. The topological polar surface area (TPSA) is 87.9 Å². The maximum absolute atomic E-state index is 12.5. The highest BCUT2D eigenvalue weighted by Crippen LogP contribution is 2.35. The van der Waals surface area contributed by atoms with Crippen molar-refractivity contribution in [3.8, 4) is 11.5 Å². The maximum atomic E-state index is 12.5. The Morgan fingerprint density at radius 2 is 1.63 bits per heavy atom. The van der Waals surface area contributed by atoms with E-state index in [1.165, 1.54) is 14.2 Å². The van der Waals surface area contributed by atoms with Gasteiger partial charge in [0, 0.05) is 6.07 Å². The summed E-state index contributed by atoms with van der Waals surface area (Å²) in [5.74, 6) is -0.879. The highest BCUT2D eigenvalue weighted by molar-refractivity contribution is 5.95. The van der Waals surface area contributed by atoms with E-state index >= 15 is 0 Å². The quantitative estimate of drug-likeness (QED) is 0.425. The molecule has 10 heteroatoms. The second-order valence-electron chi connectivity index (χ2n) is 5.25. The van der Waals surface area contributed by atoms with Crippen LogP contribution in [-0.2, 0) is 17.5 Å². The number of carbonyl (C=O) groups is 1. The van der Waals surface area contributed by atoms with Crippen molar-refractivity contribution in [3.63, 3.8) is 0 Å². The highest BCUT2D eigenvalue weighted by atomic mass is 19.4. The lowest BCUT2D eigenvalue weighted by Gasteiger charge is -2.11. The summed E-state index contributed by atoms with van der Waals surface area (Å²) in [7, 11) is 2.57. The fourth-order valence-electron chi connectivity index (χ4n) is 2.20. The van der Waals surface area contributed by atoms with Gasteiger partial charge in [-0.2, -0.15) is 13.2 Å². The zero-order chi connectivity index (χ0) is 20.2. The van der Waals surface area contributed by atoms with E-state index in [1.54, 1.807) is 0 Å². The third-order valence-corrected chi connectivity index (χ3v) is 3.57. The Hall–Kier alpha value is -3.30. The first-order valence-corrected chi connectivity index (χ1v) is 7.41. The molecule has 0 radical (unpaired) electrons. The van der Waals surface area contributed by atoms with Crippen LogP contribution in [0.4, 0.5) is 18.9 Å². The monoisotopic (exact) mass is 385 g/mol. The summed E-state index contributed by atoms with van der Waals surface area (Å²) >= 11 is 0. The molecule has 0 unspecified atom stereocenters. The molecule has 7 nitrogen and oxygen atoms in total. The number of esters is 1. The number of nitrogens with zero attached hydrogens (tertiary/aromatic N) is 1. The van der Waals surface area contributed by atoms with Crippen LogP contribution in [0, 0.1) is 10.1 Å². The van der Waals surface area contributed by atoms with Gasteiger partial charge in [0.25, 0.3) is 5.69 Å². The molecule has 0 aliphatic rings. The normalized spacial score (nSPS) is 11.0. The lowest BCUT2D eigenvalue weighted by Crippen LogP contribution is -2.10. The molecule has 0 saturated heterocycles. The molecule has 0 spiro atoms. The van der Waals surface area contributed by atoms with Gasteiger partial charge in [0.15, 0.2) is 11.5 Å². The van der Waals surface area contributed by atoms with Crippen molar-refractivity contribution in [2.24, 2.45) is 0 Å². The molecule has 2 aromatic carbocycles. The number of nitro benzene ring substituents is 1. The number of ether oxygens (including phenoxy) is 3. The summed E-state index contributed by atoms with van der Waals surface area (Å²) < 4.78 is 52.6. The van der Waals surface area contributed by atoms with E-state index in [2.05, 4.69) is 0 Å². The number of halogens is 3. The van der Waals surface area contributed by atoms with Gasteiger partial charge in [-0.05, 0) is 17.7 Å². The zero-order valence-corrected chi connectivity index (χ0v) is 14.2. The van der Waals surface area contributed by atoms with Crippen LogP contribution < -0.4 is 9.47 Å². The van der Waals surface area contributed by atoms with Crippen molar-refractivity contribution in [3.05, 3.63) is 63.2 Å². The third kappa shape index (κ3) is 4.66. The highest BCUT2D eigenvalue weighted by Gasteiger charge is 2.30. The van der Waals surface area contributed by atoms with Crippen LogP contribution in [-0.4, -0.2) is 25.1 Å². The van der Waals surface area contributed by atoms with Gasteiger partial charge >= 0.3 is 12.1 Å². The fourth-order valence-corrected chi connectivity index (χ4v) is 2.20. The third-order valence-electron chi connectivity index (χ3n) is 3.57. The van der Waals surface area contributed by atoms with Gasteiger partial charge in [0.2, 0.25) is 0 Å². The molecular weight excluding hydrogens is 371 g/mol. The summed E-state index contributed by atoms with van der Waals surface area (Å²) in [4.78, 5) is 22.6. The van der Waals surface area contributed by atoms with E-state index in [4.69, 9.17) is 14.2 Å². The van der Waals surface area contributed by atoms with Crippen molar-refractivity contribution < 1.29 is 37.1 Å². The molecule has 0 amide bonds. The van der Waals surface area contributed by atoms with Gasteiger partial charge in [-0.1, -0.05) is 12.1 Å². The molecule has 0 aliphatic heterocycles. The van der Waals surface area contributed by atoms with Crippen LogP contribution in [0.15, 0.2) is 36.4 Å². The fraction of sp³-hybridized carbons (Fsp3) is 0.235. The smallest absolute Gasteiger partial charge is 0.416 e. The molecule has 0 aliphatic carbocycles. The molecular formula is C17H14F3NO6. The van der Waals surface area contributed by atoms with Gasteiger partial charge in [-0.15, -0.1) is 0 Å². The Morgan fingerprint density at radius 1 is 1.07 bits per heavy atom. The number of carbonyl (C=O) groups excluding carboxylic acids is 1. The first-order valence-electron chi connectivity index (χ1n) is 7.41. The predicted molar refractivity (Wildman–Crippen MR) is 86.8 cm³/mol. The first kappa shape index (κ1) is 20.0. The molecule has 2 rings (SSSR count). The van der Waals surface area contributed by atoms with E-state index in [1.807, 2.05) is 0 Å². The summed E-state index contributed by atoms with van der Waals surface area (Å²) in [6, 6.07) is 6.13. The number of hydrogen-bond donors (Lipinski definition) is 0. The Bertz CT molecular complexity index is 849. The van der Waals surface area contributed by atoms with E-state index in [0.717, 1.165) is 36.4 Å². The maximum Gasteiger partial charge on any atom is 0.416 e. The molecule has 0 fully saturated rings. The molecule has 0 aromatic heterocycles. The second-order valence-corrected chi connectivity index (χ2v) is 5.25. The SMILES string of the molecule is COc1cc(C(=O)OCc2ccc(C(F)(F)F)cc2)c([N+](=O)[O-])cc1OC. The molecule has 0 bridgehead atoms. The molecule has 0 N–H and O–H groups in total. The van der Waals surface area contributed by atoms with Gasteiger partial charge in [-0.3, -0.25) is 10.1 Å². The lowest BCUT2D eigenvalue weighted by molar-refractivity contribution is -0.385. The standard InChI is InChI=1S/C17H14F3NO6/c1-25-14-7-12(13(21(23)24)8-15(14)26-2)16(22)27-9-10-3-5-11(6-4-10)17(18,19)20/h3-8H,9H2,1-2H3.